The van der Waals surface area contributed by atoms with Crippen molar-refractivity contribution in [2.45, 2.75) is 18.4 Å². The second-order valence-corrected chi connectivity index (χ2v) is 6.63. The number of methoxy groups -OCH3 is 1. The summed E-state index contributed by atoms with van der Waals surface area (Å²) in [5.41, 5.74) is 1.74. The predicted molar refractivity (Wildman–Crippen MR) is 87.0 cm³/mol. The number of hydrogen-bond acceptors (Lipinski definition) is 5. The van der Waals surface area contributed by atoms with E-state index in [-0.39, 0.29) is 11.5 Å². The molecule has 0 amide bonds. The summed E-state index contributed by atoms with van der Waals surface area (Å²) in [5, 5.41) is 0. The van der Waals surface area contributed by atoms with Crippen molar-refractivity contribution in [1.82, 2.24) is 0 Å². The molecule has 0 spiro atoms. The van der Waals surface area contributed by atoms with Gasteiger partial charge in [0.05, 0.1) is 18.1 Å². The first-order valence-corrected chi connectivity index (χ1v) is 8.59. The van der Waals surface area contributed by atoms with Crippen molar-refractivity contribution in [3.8, 4) is 5.75 Å². The average molecular weight is 336 g/mol. The molecule has 23 heavy (non-hydrogen) atoms. The van der Waals surface area contributed by atoms with E-state index in [0.717, 1.165) is 11.1 Å². The minimum atomic E-state index is -3.75. The molecule has 0 N–H and O–H groups in total. The topological polar surface area (TPSA) is 61.8 Å². The Kier molecular flexibility index (Phi) is 6.15. The van der Waals surface area contributed by atoms with Gasteiger partial charge in [-0.25, -0.2) is 0 Å². The fraction of sp³-hybridized carbons (Fsp3) is 0.294. The highest BCUT2D eigenvalue weighted by Gasteiger charge is 2.14. The fourth-order valence-corrected chi connectivity index (χ4v) is 2.74. The van der Waals surface area contributed by atoms with Gasteiger partial charge in [-0.3, -0.25) is 4.18 Å². The van der Waals surface area contributed by atoms with Crippen LogP contribution in [0.1, 0.15) is 11.1 Å². The third-order valence-electron chi connectivity index (χ3n) is 3.17. The fourth-order valence-electron chi connectivity index (χ4n) is 1.84. The van der Waals surface area contributed by atoms with Gasteiger partial charge in [0.1, 0.15) is 12.4 Å². The second-order valence-electron chi connectivity index (χ2n) is 5.01. The van der Waals surface area contributed by atoms with Gasteiger partial charge in [-0.1, -0.05) is 29.8 Å². The molecular weight excluding hydrogens is 316 g/mol. The van der Waals surface area contributed by atoms with Crippen LogP contribution in [0.4, 0.5) is 0 Å². The van der Waals surface area contributed by atoms with Crippen LogP contribution in [0.25, 0.3) is 0 Å². The molecule has 0 aliphatic rings. The molecule has 0 heterocycles. The summed E-state index contributed by atoms with van der Waals surface area (Å²) >= 11 is 0. The van der Waals surface area contributed by atoms with Crippen LogP contribution < -0.4 is 4.74 Å². The van der Waals surface area contributed by atoms with Crippen LogP contribution in [0.3, 0.4) is 0 Å². The van der Waals surface area contributed by atoms with Gasteiger partial charge in [0.15, 0.2) is 0 Å². The summed E-state index contributed by atoms with van der Waals surface area (Å²) in [6.45, 7) is 2.86. The first-order chi connectivity index (χ1) is 11.0. The number of benzene rings is 2. The van der Waals surface area contributed by atoms with E-state index in [4.69, 9.17) is 13.7 Å². The molecule has 0 atom stereocenters. The van der Waals surface area contributed by atoms with Crippen molar-refractivity contribution in [1.29, 1.82) is 0 Å². The van der Waals surface area contributed by atoms with Gasteiger partial charge in [0.2, 0.25) is 0 Å². The van der Waals surface area contributed by atoms with Crippen molar-refractivity contribution in [2.75, 3.05) is 20.3 Å². The number of ether oxygens (including phenoxy) is 2. The van der Waals surface area contributed by atoms with E-state index in [2.05, 4.69) is 0 Å². The van der Waals surface area contributed by atoms with E-state index in [1.54, 1.807) is 43.5 Å². The van der Waals surface area contributed by atoms with Crippen molar-refractivity contribution >= 4 is 10.1 Å². The minimum absolute atomic E-state index is 0.0193. The molecule has 2 aromatic carbocycles. The van der Waals surface area contributed by atoms with Gasteiger partial charge < -0.3 is 9.47 Å². The molecule has 0 saturated heterocycles. The lowest BCUT2D eigenvalue weighted by Crippen LogP contribution is -2.07. The van der Waals surface area contributed by atoms with Crippen LogP contribution >= 0.6 is 0 Å². The zero-order valence-electron chi connectivity index (χ0n) is 13.2. The average Bonchev–Trinajstić information content (AvgIpc) is 2.55. The van der Waals surface area contributed by atoms with Crippen molar-refractivity contribution in [3.63, 3.8) is 0 Å². The van der Waals surface area contributed by atoms with Gasteiger partial charge in [0.25, 0.3) is 10.1 Å². The summed E-state index contributed by atoms with van der Waals surface area (Å²) < 4.78 is 39.6. The largest absolute Gasteiger partial charge is 0.491 e. The molecule has 124 valence electrons. The third-order valence-corrected chi connectivity index (χ3v) is 4.45. The molecule has 0 aliphatic heterocycles. The van der Waals surface area contributed by atoms with Gasteiger partial charge in [-0.2, -0.15) is 8.42 Å². The molecule has 0 bridgehead atoms. The zero-order valence-corrected chi connectivity index (χ0v) is 14.0. The molecule has 0 aliphatic carbocycles. The van der Waals surface area contributed by atoms with Crippen molar-refractivity contribution in [2.24, 2.45) is 0 Å². The Balaban J connectivity index is 1.93. The van der Waals surface area contributed by atoms with E-state index in [1.165, 1.54) is 12.1 Å². The highest BCUT2D eigenvalue weighted by atomic mass is 32.2. The van der Waals surface area contributed by atoms with Crippen LogP contribution in [-0.2, 0) is 25.6 Å². The monoisotopic (exact) mass is 336 g/mol. The molecule has 0 radical (unpaired) electrons. The quantitative estimate of drug-likeness (QED) is 0.548. The van der Waals surface area contributed by atoms with Crippen LogP contribution in [0.5, 0.6) is 5.75 Å². The molecular formula is C17H20O5S. The molecule has 2 rings (SSSR count). The molecule has 0 aromatic heterocycles. The summed E-state index contributed by atoms with van der Waals surface area (Å²) in [4.78, 5) is 0.155. The Labute approximate surface area is 136 Å². The highest BCUT2D eigenvalue weighted by molar-refractivity contribution is 7.86. The van der Waals surface area contributed by atoms with Gasteiger partial charge >= 0.3 is 0 Å². The summed E-state index contributed by atoms with van der Waals surface area (Å²) in [6, 6.07) is 13.6. The maximum atomic E-state index is 12.1. The second kappa shape index (κ2) is 8.10. The summed E-state index contributed by atoms with van der Waals surface area (Å²) in [5.74, 6) is 0.701. The van der Waals surface area contributed by atoms with E-state index >= 15 is 0 Å². The van der Waals surface area contributed by atoms with Crippen LogP contribution in [0, 0.1) is 6.92 Å². The third kappa shape index (κ3) is 5.35. The number of aryl methyl sites for hydroxylation is 1. The molecule has 0 saturated carbocycles. The normalized spacial score (nSPS) is 11.4. The molecule has 0 fully saturated rings. The Morgan fingerprint density at radius 2 is 1.57 bits per heavy atom. The van der Waals surface area contributed by atoms with Gasteiger partial charge in [0, 0.05) is 7.11 Å². The van der Waals surface area contributed by atoms with Gasteiger partial charge in [-0.05, 0) is 36.8 Å². The van der Waals surface area contributed by atoms with Crippen molar-refractivity contribution in [3.05, 3.63) is 59.7 Å². The van der Waals surface area contributed by atoms with Crippen molar-refractivity contribution < 1.29 is 22.1 Å². The molecule has 2 aromatic rings. The molecule has 0 unspecified atom stereocenters. The minimum Gasteiger partial charge on any atom is -0.491 e. The van der Waals surface area contributed by atoms with Crippen LogP contribution in [0.15, 0.2) is 53.4 Å². The first-order valence-electron chi connectivity index (χ1n) is 7.18. The number of rotatable bonds is 8. The smallest absolute Gasteiger partial charge is 0.297 e. The summed E-state index contributed by atoms with van der Waals surface area (Å²) in [6.07, 6.45) is 0. The maximum absolute atomic E-state index is 12.1. The first kappa shape index (κ1) is 17.5. The highest BCUT2D eigenvalue weighted by Crippen LogP contribution is 2.17. The maximum Gasteiger partial charge on any atom is 0.297 e. The lowest BCUT2D eigenvalue weighted by molar-refractivity contribution is 0.146. The molecule has 6 heteroatoms. The standard InChI is InChI=1S/C17H20O5S/c1-14-3-9-17(10-4-14)23(18,19)22-13-15-5-7-16(8-6-15)21-12-11-20-2/h3-10H,11-13H2,1-2H3. The van der Waals surface area contributed by atoms with E-state index in [1.807, 2.05) is 6.92 Å². The van der Waals surface area contributed by atoms with Crippen LogP contribution in [0.2, 0.25) is 0 Å². The van der Waals surface area contributed by atoms with Gasteiger partial charge in [-0.15, -0.1) is 0 Å². The zero-order chi connectivity index (χ0) is 16.7. The molecule has 5 nitrogen and oxygen atoms in total. The van der Waals surface area contributed by atoms with Crippen LogP contribution in [-0.4, -0.2) is 28.7 Å². The Hall–Kier alpha value is -1.89. The van der Waals surface area contributed by atoms with E-state index in [0.29, 0.717) is 19.0 Å². The Morgan fingerprint density at radius 1 is 0.913 bits per heavy atom. The Bertz CT molecular complexity index is 706. The Morgan fingerprint density at radius 3 is 2.17 bits per heavy atom. The van der Waals surface area contributed by atoms with E-state index < -0.39 is 10.1 Å². The lowest BCUT2D eigenvalue weighted by atomic mass is 10.2. The SMILES string of the molecule is COCCOc1ccc(COS(=O)(=O)c2ccc(C)cc2)cc1. The van der Waals surface area contributed by atoms with E-state index in [9.17, 15) is 8.42 Å². The number of hydrogen-bond donors (Lipinski definition) is 0. The predicted octanol–water partition coefficient (Wildman–Crippen LogP) is 2.93. The summed E-state index contributed by atoms with van der Waals surface area (Å²) in [7, 11) is -2.14. The lowest BCUT2D eigenvalue weighted by Gasteiger charge is -2.08.